The standard InChI is InChI=1S/C28H30F3N2O2.BrH/c1-3-19-17-33(16-18-4-6-21(7-5-18)28(29,30)31)13-11-20(19)14-26(33)27(34)23-10-12-32-25-9-8-22(35-2)15-24(23)25;/h3-10,12,15,19-20,26-27,34H,1,11,13-14,16-17H2,2H3;1H/q+1;/p-1/t19?,20?,26?,27-,33?;/m0./s1. The zero-order valence-electron chi connectivity index (χ0n) is 20.1. The molecule has 192 valence electrons. The van der Waals surface area contributed by atoms with Gasteiger partial charge < -0.3 is 31.3 Å². The lowest BCUT2D eigenvalue weighted by Crippen LogP contribution is -3.00. The van der Waals surface area contributed by atoms with Gasteiger partial charge >= 0.3 is 6.18 Å². The summed E-state index contributed by atoms with van der Waals surface area (Å²) in [5.74, 6) is 1.48. The molecule has 3 aliphatic rings. The van der Waals surface area contributed by atoms with Gasteiger partial charge in [-0.3, -0.25) is 4.98 Å². The van der Waals surface area contributed by atoms with Gasteiger partial charge in [0, 0.05) is 35.9 Å². The van der Waals surface area contributed by atoms with Gasteiger partial charge in [0.2, 0.25) is 0 Å². The number of aromatic nitrogens is 1. The van der Waals surface area contributed by atoms with Gasteiger partial charge in [-0.1, -0.05) is 18.2 Å². The van der Waals surface area contributed by atoms with Crippen molar-refractivity contribution in [1.82, 2.24) is 4.98 Å². The van der Waals surface area contributed by atoms with Crippen LogP contribution >= 0.6 is 0 Å². The van der Waals surface area contributed by atoms with E-state index in [0.717, 1.165) is 60.1 Å². The molecule has 0 aliphatic carbocycles. The zero-order chi connectivity index (χ0) is 24.8. The number of nitrogens with zero attached hydrogens (tertiary/aromatic N) is 2. The molecule has 0 amide bonds. The van der Waals surface area contributed by atoms with Crippen LogP contribution in [0.1, 0.15) is 35.6 Å². The summed E-state index contributed by atoms with van der Waals surface area (Å²) in [5, 5.41) is 12.7. The number of hydrogen-bond donors (Lipinski definition) is 1. The number of alkyl halides is 3. The zero-order valence-corrected chi connectivity index (χ0v) is 21.7. The molecule has 3 aromatic rings. The fraction of sp³-hybridized carbons (Fsp3) is 0.393. The van der Waals surface area contributed by atoms with Crippen LogP contribution < -0.4 is 21.7 Å². The molecule has 6 rings (SSSR count). The summed E-state index contributed by atoms with van der Waals surface area (Å²) in [6.45, 7) is 6.32. The Morgan fingerprint density at radius 3 is 2.61 bits per heavy atom. The number of hydrogen-bond acceptors (Lipinski definition) is 3. The summed E-state index contributed by atoms with van der Waals surface area (Å²) in [5.41, 5.74) is 1.80. The monoisotopic (exact) mass is 562 g/mol. The van der Waals surface area contributed by atoms with Gasteiger partial charge in [-0.2, -0.15) is 13.2 Å². The Morgan fingerprint density at radius 2 is 1.94 bits per heavy atom. The Morgan fingerprint density at radius 1 is 1.19 bits per heavy atom. The van der Waals surface area contributed by atoms with E-state index in [9.17, 15) is 18.3 Å². The van der Waals surface area contributed by atoms with Crippen LogP contribution in [0.4, 0.5) is 13.2 Å². The maximum atomic E-state index is 13.1. The lowest BCUT2D eigenvalue weighted by molar-refractivity contribution is -0.984. The molecule has 0 spiro atoms. The Balaban J connectivity index is 0.00000304. The first-order chi connectivity index (χ1) is 16.7. The van der Waals surface area contributed by atoms with Gasteiger partial charge in [-0.05, 0) is 47.9 Å². The van der Waals surface area contributed by atoms with Crippen molar-refractivity contribution in [2.45, 2.75) is 37.7 Å². The van der Waals surface area contributed by atoms with E-state index >= 15 is 0 Å². The van der Waals surface area contributed by atoms with Crippen LogP contribution in [-0.4, -0.2) is 40.8 Å². The lowest BCUT2D eigenvalue weighted by atomic mass is 9.71. The number of ether oxygens (including phenoxy) is 1. The quantitative estimate of drug-likeness (QED) is 0.371. The van der Waals surface area contributed by atoms with Crippen molar-refractivity contribution < 1.29 is 44.5 Å². The number of halogens is 4. The Kier molecular flexibility index (Phi) is 7.51. The van der Waals surface area contributed by atoms with Gasteiger partial charge in [0.15, 0.2) is 0 Å². The van der Waals surface area contributed by atoms with Crippen LogP contribution in [0.2, 0.25) is 0 Å². The molecule has 4 unspecified atom stereocenters. The molecule has 1 aromatic heterocycles. The van der Waals surface area contributed by atoms with Crippen LogP contribution in [0.15, 0.2) is 67.4 Å². The Hall–Kier alpha value is -2.42. The van der Waals surface area contributed by atoms with Gasteiger partial charge in [-0.25, -0.2) is 0 Å². The van der Waals surface area contributed by atoms with Crippen molar-refractivity contribution in [2.24, 2.45) is 11.8 Å². The molecular formula is C28H30BrF3N2O2. The highest BCUT2D eigenvalue weighted by Crippen LogP contribution is 2.48. The van der Waals surface area contributed by atoms with Crippen LogP contribution in [0.25, 0.3) is 10.9 Å². The number of benzene rings is 2. The Bertz CT molecular complexity index is 1230. The van der Waals surface area contributed by atoms with E-state index in [-0.39, 0.29) is 23.0 Å². The molecule has 1 N–H and O–H groups in total. The minimum absolute atomic E-state index is 0. The SMILES string of the molecule is C=CC1C[N+]2(Cc3ccc(C(F)(F)F)cc3)CCC1CC2[C@@H](O)c1ccnc2ccc(OC)cc12.[Br-]. The number of rotatable bonds is 6. The molecule has 3 fully saturated rings. The van der Waals surface area contributed by atoms with Crippen LogP contribution in [0, 0.1) is 11.8 Å². The molecular weight excluding hydrogens is 533 g/mol. The number of quaternary nitrogens is 1. The molecule has 5 atom stereocenters. The predicted octanol–water partition coefficient (Wildman–Crippen LogP) is 2.91. The van der Waals surface area contributed by atoms with E-state index in [0.29, 0.717) is 28.6 Å². The van der Waals surface area contributed by atoms with E-state index in [4.69, 9.17) is 4.74 Å². The van der Waals surface area contributed by atoms with Crippen molar-refractivity contribution in [2.75, 3.05) is 20.2 Å². The van der Waals surface area contributed by atoms with E-state index in [2.05, 4.69) is 11.6 Å². The maximum absolute atomic E-state index is 13.1. The second-order valence-corrected chi connectivity index (χ2v) is 9.96. The number of aliphatic hydroxyl groups excluding tert-OH is 1. The van der Waals surface area contributed by atoms with Gasteiger partial charge in [0.25, 0.3) is 0 Å². The highest BCUT2D eigenvalue weighted by molar-refractivity contribution is 5.83. The second kappa shape index (κ2) is 10.1. The number of fused-ring (bicyclic) bond motifs is 4. The molecule has 0 saturated carbocycles. The number of methoxy groups -OCH3 is 1. The first kappa shape index (κ1) is 26.6. The molecule has 2 aromatic carbocycles. The highest BCUT2D eigenvalue weighted by Gasteiger charge is 2.54. The predicted molar refractivity (Wildman–Crippen MR) is 129 cm³/mol. The third kappa shape index (κ3) is 4.78. The normalized spacial score (nSPS) is 26.3. The minimum atomic E-state index is -4.36. The molecule has 4 nitrogen and oxygen atoms in total. The molecule has 0 radical (unpaired) electrons. The number of pyridine rings is 1. The highest BCUT2D eigenvalue weighted by atomic mass is 79.9. The average molecular weight is 563 g/mol. The van der Waals surface area contributed by atoms with Crippen LogP contribution in [0.5, 0.6) is 5.75 Å². The second-order valence-electron chi connectivity index (χ2n) is 9.96. The largest absolute Gasteiger partial charge is 1.00 e. The lowest BCUT2D eigenvalue weighted by Gasteiger charge is -2.58. The molecule has 8 heteroatoms. The van der Waals surface area contributed by atoms with Gasteiger partial charge in [0.1, 0.15) is 24.4 Å². The van der Waals surface area contributed by atoms with Crippen LogP contribution in [0.3, 0.4) is 0 Å². The van der Waals surface area contributed by atoms with E-state index in [1.165, 1.54) is 0 Å². The molecule has 3 saturated heterocycles. The third-order valence-electron chi connectivity index (χ3n) is 8.12. The van der Waals surface area contributed by atoms with E-state index < -0.39 is 17.8 Å². The molecule has 3 aliphatic heterocycles. The molecule has 4 heterocycles. The summed E-state index contributed by atoms with van der Waals surface area (Å²) in [7, 11) is 1.61. The summed E-state index contributed by atoms with van der Waals surface area (Å²) >= 11 is 0. The summed E-state index contributed by atoms with van der Waals surface area (Å²) in [6.07, 6.45) is 0.494. The fourth-order valence-corrected chi connectivity index (χ4v) is 6.28. The topological polar surface area (TPSA) is 42.4 Å². The van der Waals surface area contributed by atoms with Gasteiger partial charge in [0.05, 0.1) is 31.3 Å². The number of piperidine rings is 3. The van der Waals surface area contributed by atoms with Crippen molar-refractivity contribution in [1.29, 1.82) is 0 Å². The first-order valence-corrected chi connectivity index (χ1v) is 12.0. The average Bonchev–Trinajstić information content (AvgIpc) is 2.87. The molecule has 2 bridgehead atoms. The summed E-state index contributed by atoms with van der Waals surface area (Å²) in [4.78, 5) is 4.45. The summed E-state index contributed by atoms with van der Waals surface area (Å²) in [6, 6.07) is 12.9. The number of aliphatic hydroxyl groups is 1. The van der Waals surface area contributed by atoms with Crippen LogP contribution in [-0.2, 0) is 12.7 Å². The smallest absolute Gasteiger partial charge is 0.416 e. The molecule has 36 heavy (non-hydrogen) atoms. The fourth-order valence-electron chi connectivity index (χ4n) is 6.28. The van der Waals surface area contributed by atoms with Crippen molar-refractivity contribution in [3.63, 3.8) is 0 Å². The first-order valence-electron chi connectivity index (χ1n) is 12.0. The van der Waals surface area contributed by atoms with Crippen molar-refractivity contribution >= 4 is 10.9 Å². The summed E-state index contributed by atoms with van der Waals surface area (Å²) < 4.78 is 45.3. The Labute approximate surface area is 219 Å². The minimum Gasteiger partial charge on any atom is -1.00 e. The van der Waals surface area contributed by atoms with E-state index in [1.807, 2.05) is 30.3 Å². The third-order valence-corrected chi connectivity index (χ3v) is 8.12. The van der Waals surface area contributed by atoms with Gasteiger partial charge in [-0.15, -0.1) is 6.58 Å². The van der Waals surface area contributed by atoms with E-state index in [1.54, 1.807) is 25.4 Å². The van der Waals surface area contributed by atoms with Crippen molar-refractivity contribution in [3.8, 4) is 5.75 Å². The van der Waals surface area contributed by atoms with Crippen molar-refractivity contribution in [3.05, 3.63) is 84.1 Å². The maximum Gasteiger partial charge on any atom is 0.416 e.